The molecule has 0 spiro atoms. The summed E-state index contributed by atoms with van der Waals surface area (Å²) in [7, 11) is 0. The maximum atomic E-state index is 13.0. The Labute approximate surface area is 87.5 Å². The van der Waals surface area contributed by atoms with E-state index in [2.05, 4.69) is 0 Å². The minimum absolute atomic E-state index is 0.299. The Morgan fingerprint density at radius 1 is 1.27 bits per heavy atom. The third-order valence-electron chi connectivity index (χ3n) is 1.60. The van der Waals surface area contributed by atoms with Gasteiger partial charge in [0.15, 0.2) is 5.78 Å². The highest BCUT2D eigenvalue weighted by Gasteiger charge is 2.17. The lowest BCUT2D eigenvalue weighted by Crippen LogP contribution is -2.08. The van der Waals surface area contributed by atoms with Crippen LogP contribution in [0.5, 0.6) is 0 Å². The lowest BCUT2D eigenvalue weighted by atomic mass is 10.0. The van der Waals surface area contributed by atoms with E-state index in [0.717, 1.165) is 13.0 Å². The Hall–Kier alpha value is -1.71. The van der Waals surface area contributed by atoms with Crippen LogP contribution in [-0.2, 0) is 0 Å². The smallest absolute Gasteiger partial charge is 0.336 e. The molecule has 1 aromatic rings. The van der Waals surface area contributed by atoms with Gasteiger partial charge >= 0.3 is 5.97 Å². The zero-order valence-corrected chi connectivity index (χ0v) is 8.87. The Kier molecular flexibility index (Phi) is 5.23. The molecule has 0 amide bonds. The first kappa shape index (κ1) is 13.3. The normalized spacial score (nSPS) is 8.80. The average molecular weight is 212 g/mol. The molecule has 82 valence electrons. The van der Waals surface area contributed by atoms with Gasteiger partial charge in [0.2, 0.25) is 0 Å². The minimum atomic E-state index is -1.30. The lowest BCUT2D eigenvalue weighted by Gasteiger charge is -2.02. The topological polar surface area (TPSA) is 54.4 Å². The molecule has 0 saturated carbocycles. The summed E-state index contributed by atoms with van der Waals surface area (Å²) in [5, 5.41) is 8.62. The first-order chi connectivity index (χ1) is 7.04. The number of hydrogen-bond acceptors (Lipinski definition) is 2. The Morgan fingerprint density at radius 2 is 1.80 bits per heavy atom. The van der Waals surface area contributed by atoms with Crippen LogP contribution in [0.2, 0.25) is 0 Å². The van der Waals surface area contributed by atoms with Crippen molar-refractivity contribution < 1.29 is 19.1 Å². The Bertz CT molecular complexity index is 372. The predicted molar refractivity (Wildman–Crippen MR) is 54.7 cm³/mol. The van der Waals surface area contributed by atoms with Crippen molar-refractivity contribution in [1.82, 2.24) is 0 Å². The minimum Gasteiger partial charge on any atom is -0.478 e. The summed E-state index contributed by atoms with van der Waals surface area (Å²) in [4.78, 5) is 21.4. The number of carbonyl (C=O) groups excluding carboxylic acids is 1. The van der Waals surface area contributed by atoms with E-state index in [1.54, 1.807) is 0 Å². The van der Waals surface area contributed by atoms with Crippen LogP contribution in [0.4, 0.5) is 4.39 Å². The van der Waals surface area contributed by atoms with Gasteiger partial charge < -0.3 is 5.11 Å². The number of carboxylic acid groups (broad SMARTS) is 1. The maximum absolute atomic E-state index is 13.0. The van der Waals surface area contributed by atoms with E-state index in [0.29, 0.717) is 0 Å². The van der Waals surface area contributed by atoms with E-state index in [1.807, 2.05) is 13.8 Å². The number of Topliss-reactive ketones (excluding diaryl/α,β-unsaturated/α-hetero) is 1. The third kappa shape index (κ3) is 3.16. The van der Waals surface area contributed by atoms with Crippen LogP contribution in [-0.4, -0.2) is 16.9 Å². The highest BCUT2D eigenvalue weighted by Crippen LogP contribution is 2.13. The second kappa shape index (κ2) is 5.90. The van der Waals surface area contributed by atoms with Gasteiger partial charge in [0.25, 0.3) is 0 Å². The highest BCUT2D eigenvalue weighted by molar-refractivity contribution is 6.04. The van der Waals surface area contributed by atoms with Gasteiger partial charge in [-0.05, 0) is 19.1 Å². The molecule has 0 aliphatic rings. The Balaban J connectivity index is 0.000000921. The molecule has 0 aliphatic heterocycles. The standard InChI is InChI=1S/C9H7FO3.C2H6/c1-5(11)8-6(9(12)13)3-2-4-7(8)10;1-2/h2-4H,1H3,(H,12,13);1-2H3. The zero-order chi connectivity index (χ0) is 12.0. The number of halogens is 1. The predicted octanol–water partition coefficient (Wildman–Crippen LogP) is 2.75. The third-order valence-corrected chi connectivity index (χ3v) is 1.60. The van der Waals surface area contributed by atoms with Crippen molar-refractivity contribution in [2.75, 3.05) is 0 Å². The van der Waals surface area contributed by atoms with Crippen LogP contribution >= 0.6 is 0 Å². The molecule has 0 bridgehead atoms. The quantitative estimate of drug-likeness (QED) is 0.767. The van der Waals surface area contributed by atoms with Crippen molar-refractivity contribution in [3.8, 4) is 0 Å². The van der Waals surface area contributed by atoms with Crippen LogP contribution in [0.25, 0.3) is 0 Å². The number of rotatable bonds is 2. The second-order valence-corrected chi connectivity index (χ2v) is 2.52. The molecule has 0 atom stereocenters. The van der Waals surface area contributed by atoms with E-state index < -0.39 is 17.6 Å². The molecule has 1 N–H and O–H groups in total. The molecule has 15 heavy (non-hydrogen) atoms. The van der Waals surface area contributed by atoms with Gasteiger partial charge in [-0.1, -0.05) is 19.9 Å². The van der Waals surface area contributed by atoms with Crippen molar-refractivity contribution in [2.24, 2.45) is 0 Å². The monoisotopic (exact) mass is 212 g/mol. The van der Waals surface area contributed by atoms with Crippen molar-refractivity contribution in [3.63, 3.8) is 0 Å². The summed E-state index contributed by atoms with van der Waals surface area (Å²) in [6.07, 6.45) is 0. The van der Waals surface area contributed by atoms with Crippen molar-refractivity contribution in [1.29, 1.82) is 0 Å². The van der Waals surface area contributed by atoms with Gasteiger partial charge in [-0.2, -0.15) is 0 Å². The summed E-state index contributed by atoms with van der Waals surface area (Å²) in [6, 6.07) is 3.51. The van der Waals surface area contributed by atoms with Crippen LogP contribution in [0.3, 0.4) is 0 Å². The van der Waals surface area contributed by atoms with Gasteiger partial charge in [-0.25, -0.2) is 9.18 Å². The molecular weight excluding hydrogens is 199 g/mol. The van der Waals surface area contributed by atoms with Gasteiger partial charge in [-0.3, -0.25) is 4.79 Å². The molecule has 0 radical (unpaired) electrons. The van der Waals surface area contributed by atoms with E-state index in [9.17, 15) is 14.0 Å². The first-order valence-electron chi connectivity index (χ1n) is 4.56. The van der Waals surface area contributed by atoms with Crippen LogP contribution in [0, 0.1) is 5.82 Å². The van der Waals surface area contributed by atoms with Gasteiger partial charge in [-0.15, -0.1) is 0 Å². The number of ketones is 1. The van der Waals surface area contributed by atoms with E-state index in [1.165, 1.54) is 12.1 Å². The molecule has 0 aromatic heterocycles. The summed E-state index contributed by atoms with van der Waals surface area (Å²) >= 11 is 0. The zero-order valence-electron chi connectivity index (χ0n) is 8.87. The van der Waals surface area contributed by atoms with E-state index >= 15 is 0 Å². The fraction of sp³-hybridized carbons (Fsp3) is 0.273. The summed E-state index contributed by atoms with van der Waals surface area (Å²) in [6.45, 7) is 5.13. The van der Waals surface area contributed by atoms with Gasteiger partial charge in [0, 0.05) is 0 Å². The fourth-order valence-electron chi connectivity index (χ4n) is 1.06. The summed E-state index contributed by atoms with van der Waals surface area (Å²) in [5.41, 5.74) is -0.664. The largest absolute Gasteiger partial charge is 0.478 e. The molecule has 3 nitrogen and oxygen atoms in total. The van der Waals surface area contributed by atoms with Crippen LogP contribution in [0.15, 0.2) is 18.2 Å². The SMILES string of the molecule is CC.CC(=O)c1c(F)cccc1C(=O)O. The number of hydrogen-bond donors (Lipinski definition) is 1. The number of benzene rings is 1. The highest BCUT2D eigenvalue weighted by atomic mass is 19.1. The van der Waals surface area contributed by atoms with E-state index in [4.69, 9.17) is 5.11 Å². The number of carboxylic acids is 1. The van der Waals surface area contributed by atoms with Gasteiger partial charge in [0.1, 0.15) is 5.82 Å². The molecule has 1 rings (SSSR count). The Morgan fingerprint density at radius 3 is 2.13 bits per heavy atom. The molecule has 0 aliphatic carbocycles. The van der Waals surface area contributed by atoms with Crippen molar-refractivity contribution in [2.45, 2.75) is 20.8 Å². The molecule has 4 heteroatoms. The van der Waals surface area contributed by atoms with Crippen molar-refractivity contribution >= 4 is 11.8 Å². The van der Waals surface area contributed by atoms with Crippen molar-refractivity contribution in [3.05, 3.63) is 35.1 Å². The summed E-state index contributed by atoms with van der Waals surface area (Å²) in [5.74, 6) is -2.69. The lowest BCUT2D eigenvalue weighted by molar-refractivity contribution is 0.0691. The molecular formula is C11H13FO3. The fourth-order valence-corrected chi connectivity index (χ4v) is 1.06. The average Bonchev–Trinajstić information content (AvgIpc) is 2.19. The maximum Gasteiger partial charge on any atom is 0.336 e. The number of aromatic carboxylic acids is 1. The molecule has 0 unspecified atom stereocenters. The second-order valence-electron chi connectivity index (χ2n) is 2.52. The molecule has 1 aromatic carbocycles. The van der Waals surface area contributed by atoms with E-state index in [-0.39, 0.29) is 11.1 Å². The first-order valence-corrected chi connectivity index (χ1v) is 4.56. The molecule has 0 fully saturated rings. The van der Waals surface area contributed by atoms with Crippen LogP contribution < -0.4 is 0 Å². The van der Waals surface area contributed by atoms with Crippen LogP contribution in [0.1, 0.15) is 41.5 Å². The summed E-state index contributed by atoms with van der Waals surface area (Å²) < 4.78 is 13.0. The molecule has 0 saturated heterocycles. The number of carbonyl (C=O) groups is 2. The van der Waals surface area contributed by atoms with Gasteiger partial charge in [0.05, 0.1) is 11.1 Å². The molecule has 0 heterocycles.